The van der Waals surface area contributed by atoms with Gasteiger partial charge in [0.25, 0.3) is 0 Å². The minimum atomic E-state index is -4.73. The second kappa shape index (κ2) is 7.89. The Bertz CT molecular complexity index is 930. The molecule has 1 amide bonds. The number of ether oxygens (including phenoxy) is 2. The fourth-order valence-electron chi connectivity index (χ4n) is 3.87. The highest BCUT2D eigenvalue weighted by atomic mass is 79.9. The Morgan fingerprint density at radius 1 is 1.03 bits per heavy atom. The predicted molar refractivity (Wildman–Crippen MR) is 108 cm³/mol. The van der Waals surface area contributed by atoms with Gasteiger partial charge in [-0.15, -0.1) is 0 Å². The molecule has 3 rings (SSSR count). The van der Waals surface area contributed by atoms with Crippen molar-refractivity contribution < 1.29 is 27.4 Å². The lowest BCUT2D eigenvalue weighted by Crippen LogP contribution is -2.52. The molecule has 0 spiro atoms. The quantitative estimate of drug-likeness (QED) is 0.588. The zero-order valence-corrected chi connectivity index (χ0v) is 18.0. The summed E-state index contributed by atoms with van der Waals surface area (Å²) in [6.07, 6.45) is -4.73. The molecule has 1 aliphatic rings. The van der Waals surface area contributed by atoms with Crippen molar-refractivity contribution in [1.29, 1.82) is 0 Å². The van der Waals surface area contributed by atoms with Crippen LogP contribution in [0.25, 0.3) is 0 Å². The maximum Gasteiger partial charge on any atom is 0.401 e. The van der Waals surface area contributed by atoms with Crippen molar-refractivity contribution in [2.75, 3.05) is 19.1 Å². The molecule has 0 unspecified atom stereocenters. The Hall–Kier alpha value is -2.22. The van der Waals surface area contributed by atoms with Crippen LogP contribution in [0.2, 0.25) is 0 Å². The monoisotopic (exact) mass is 471 g/mol. The van der Waals surface area contributed by atoms with Crippen molar-refractivity contribution in [3.05, 3.63) is 52.0 Å². The van der Waals surface area contributed by atoms with Gasteiger partial charge in [0.05, 0.1) is 19.9 Å². The Kier molecular flexibility index (Phi) is 5.85. The van der Waals surface area contributed by atoms with Gasteiger partial charge >= 0.3 is 6.18 Å². The van der Waals surface area contributed by atoms with E-state index in [1.54, 1.807) is 50.2 Å². The first kappa shape index (κ1) is 21.5. The molecule has 2 atom stereocenters. The van der Waals surface area contributed by atoms with Gasteiger partial charge in [-0.3, -0.25) is 4.79 Å². The number of fused-ring (bicyclic) bond motifs is 1. The second-order valence-corrected chi connectivity index (χ2v) is 7.94. The normalized spacial score (nSPS) is 19.3. The van der Waals surface area contributed by atoms with Crippen molar-refractivity contribution in [2.45, 2.75) is 32.0 Å². The van der Waals surface area contributed by atoms with Gasteiger partial charge in [0, 0.05) is 22.5 Å². The lowest BCUT2D eigenvalue weighted by molar-refractivity contribution is -0.185. The molecule has 1 heterocycles. The zero-order chi connectivity index (χ0) is 21.5. The number of hydrogen-bond donors (Lipinski definition) is 0. The van der Waals surface area contributed by atoms with Crippen molar-refractivity contribution in [3.63, 3.8) is 0 Å². The number of hydrogen-bond acceptors (Lipinski definition) is 3. The van der Waals surface area contributed by atoms with E-state index in [-0.39, 0.29) is 0 Å². The highest BCUT2D eigenvalue weighted by Crippen LogP contribution is 2.53. The third-order valence-corrected chi connectivity index (χ3v) is 5.80. The van der Waals surface area contributed by atoms with E-state index >= 15 is 0 Å². The van der Waals surface area contributed by atoms with Crippen molar-refractivity contribution in [3.8, 4) is 11.5 Å². The molecular weight excluding hydrogens is 451 g/mol. The molecule has 1 aliphatic heterocycles. The maximum atomic E-state index is 14.2. The number of carbonyl (C=O) groups is 1. The molecule has 2 aromatic carbocycles. The fraction of sp³-hybridized carbons (Fsp3) is 0.381. The fourth-order valence-corrected chi connectivity index (χ4v) is 4.40. The molecule has 156 valence electrons. The zero-order valence-electron chi connectivity index (χ0n) is 16.4. The van der Waals surface area contributed by atoms with E-state index in [9.17, 15) is 18.0 Å². The van der Waals surface area contributed by atoms with Gasteiger partial charge in [0.2, 0.25) is 5.91 Å². The number of carbonyl (C=O) groups excluding carboxylic acids is 1. The van der Waals surface area contributed by atoms with Crippen molar-refractivity contribution in [2.24, 2.45) is 5.92 Å². The van der Waals surface area contributed by atoms with Crippen LogP contribution in [0.4, 0.5) is 18.9 Å². The largest absolute Gasteiger partial charge is 0.493 e. The van der Waals surface area contributed by atoms with Crippen LogP contribution >= 0.6 is 15.9 Å². The van der Waals surface area contributed by atoms with E-state index in [0.29, 0.717) is 32.8 Å². The Labute approximate surface area is 175 Å². The Morgan fingerprint density at radius 3 is 2.14 bits per heavy atom. The van der Waals surface area contributed by atoms with Gasteiger partial charge in [0.1, 0.15) is 5.92 Å². The second-order valence-electron chi connectivity index (χ2n) is 7.09. The number of rotatable bonds is 4. The molecule has 2 aromatic rings. The molecule has 0 fully saturated rings. The van der Waals surface area contributed by atoms with Crippen molar-refractivity contribution in [1.82, 2.24) is 0 Å². The number of benzene rings is 2. The summed E-state index contributed by atoms with van der Waals surface area (Å²) in [5.41, 5.74) is 1.15. The van der Waals surface area contributed by atoms with Crippen LogP contribution in [0.15, 0.2) is 40.9 Å². The van der Waals surface area contributed by atoms with Crippen LogP contribution in [0.3, 0.4) is 0 Å². The van der Waals surface area contributed by atoms with Gasteiger partial charge in [0.15, 0.2) is 11.5 Å². The first-order chi connectivity index (χ1) is 13.6. The molecular formula is C21H21BrF3NO3. The van der Waals surface area contributed by atoms with E-state index in [0.717, 1.165) is 0 Å². The summed E-state index contributed by atoms with van der Waals surface area (Å²) in [5.74, 6) is -3.76. The first-order valence-electron chi connectivity index (χ1n) is 9.01. The number of methoxy groups -OCH3 is 2. The third kappa shape index (κ3) is 3.70. The van der Waals surface area contributed by atoms with E-state index in [1.807, 2.05) is 0 Å². The summed E-state index contributed by atoms with van der Waals surface area (Å²) in [7, 11) is 2.87. The molecule has 0 saturated carbocycles. The van der Waals surface area contributed by atoms with Gasteiger partial charge in [-0.2, -0.15) is 13.2 Å². The summed E-state index contributed by atoms with van der Waals surface area (Å²) in [6.45, 7) is 3.37. The van der Waals surface area contributed by atoms with E-state index in [2.05, 4.69) is 15.9 Å². The Morgan fingerprint density at radius 2 is 1.62 bits per heavy atom. The van der Waals surface area contributed by atoms with E-state index in [1.165, 1.54) is 19.1 Å². The minimum absolute atomic E-state index is 0.308. The predicted octanol–water partition coefficient (Wildman–Crippen LogP) is 5.53. The summed E-state index contributed by atoms with van der Waals surface area (Å²) < 4.78 is 53.8. The van der Waals surface area contributed by atoms with Crippen LogP contribution in [-0.2, 0) is 4.79 Å². The molecule has 29 heavy (non-hydrogen) atoms. The average Bonchev–Trinajstić information content (AvgIpc) is 2.65. The van der Waals surface area contributed by atoms with Crippen LogP contribution in [0, 0.1) is 5.92 Å². The molecule has 0 radical (unpaired) electrons. The summed E-state index contributed by atoms with van der Waals surface area (Å²) in [4.78, 5) is 14.3. The van der Waals surface area contributed by atoms with E-state index in [4.69, 9.17) is 9.47 Å². The lowest BCUT2D eigenvalue weighted by atomic mass is 9.75. The number of anilines is 1. The number of alkyl halides is 3. The average molecular weight is 472 g/mol. The van der Waals surface area contributed by atoms with Crippen LogP contribution in [0.5, 0.6) is 11.5 Å². The summed E-state index contributed by atoms with van der Waals surface area (Å²) in [6, 6.07) is 9.30. The Balaban J connectivity index is 2.39. The number of amides is 1. The highest BCUT2D eigenvalue weighted by molar-refractivity contribution is 9.10. The van der Waals surface area contributed by atoms with Crippen LogP contribution < -0.4 is 14.4 Å². The summed E-state index contributed by atoms with van der Waals surface area (Å²) in [5, 5.41) is 0. The SMILES string of the molecule is COc1cc2c(cc1OC)N(C(C)C)C(=O)[C@H](C(F)(F)F)[C@H]2c1ccccc1Br. The van der Waals surface area contributed by atoms with Crippen LogP contribution in [-0.4, -0.2) is 32.3 Å². The topological polar surface area (TPSA) is 38.8 Å². The molecule has 8 heteroatoms. The smallest absolute Gasteiger partial charge is 0.401 e. The molecule has 0 N–H and O–H groups in total. The third-order valence-electron chi connectivity index (χ3n) is 5.07. The first-order valence-corrected chi connectivity index (χ1v) is 9.81. The summed E-state index contributed by atoms with van der Waals surface area (Å²) >= 11 is 3.36. The van der Waals surface area contributed by atoms with E-state index < -0.39 is 30.0 Å². The lowest BCUT2D eigenvalue weighted by Gasteiger charge is -2.42. The van der Waals surface area contributed by atoms with Gasteiger partial charge in [-0.1, -0.05) is 34.1 Å². The number of halogens is 4. The molecule has 0 saturated heterocycles. The molecule has 4 nitrogen and oxygen atoms in total. The van der Waals surface area contributed by atoms with Gasteiger partial charge in [-0.05, 0) is 37.1 Å². The minimum Gasteiger partial charge on any atom is -0.493 e. The molecule has 0 aliphatic carbocycles. The highest BCUT2D eigenvalue weighted by Gasteiger charge is 2.56. The molecule has 0 bridgehead atoms. The van der Waals surface area contributed by atoms with Gasteiger partial charge in [-0.25, -0.2) is 0 Å². The van der Waals surface area contributed by atoms with Crippen LogP contribution in [0.1, 0.15) is 30.9 Å². The standard InChI is InChI=1S/C21H21BrF3NO3/c1-11(2)26-15-10-17(29-4)16(28-3)9-13(15)18(12-7-5-6-8-14(12)22)19(20(26)27)21(23,24)25/h5-11,18-19H,1-4H3/t18-,19+/m0/s1. The van der Waals surface area contributed by atoms with Crippen molar-refractivity contribution >= 4 is 27.5 Å². The van der Waals surface area contributed by atoms with Gasteiger partial charge < -0.3 is 14.4 Å². The number of nitrogens with zero attached hydrogens (tertiary/aromatic N) is 1. The molecule has 0 aromatic heterocycles. The maximum absolute atomic E-state index is 14.2.